The summed E-state index contributed by atoms with van der Waals surface area (Å²) in [5, 5.41) is 9.26. The van der Waals surface area contributed by atoms with Crippen LogP contribution in [-0.4, -0.2) is 25.9 Å². The summed E-state index contributed by atoms with van der Waals surface area (Å²) in [6.45, 7) is 2.11. The van der Waals surface area contributed by atoms with Crippen molar-refractivity contribution in [1.29, 1.82) is 0 Å². The molecule has 0 aromatic heterocycles. The third kappa shape index (κ3) is 13.3. The number of carbonyl (C=O) groups is 1. The molecule has 0 aliphatic rings. The van der Waals surface area contributed by atoms with Gasteiger partial charge >= 0.3 is 5.97 Å². The van der Waals surface area contributed by atoms with Gasteiger partial charge in [0, 0.05) is 0 Å². The predicted octanol–water partition coefficient (Wildman–Crippen LogP) is 6.04. The van der Waals surface area contributed by atoms with Crippen molar-refractivity contribution in [1.82, 2.24) is 0 Å². The van der Waals surface area contributed by atoms with E-state index in [1.807, 2.05) is 0 Å². The molecule has 0 aromatic rings. The molecule has 0 bridgehead atoms. The van der Waals surface area contributed by atoms with Gasteiger partial charge in [0.05, 0.1) is 6.61 Å². The number of ether oxygens (including phenoxy) is 1. The van der Waals surface area contributed by atoms with Gasteiger partial charge in [-0.3, -0.25) is 0 Å². The van der Waals surface area contributed by atoms with Gasteiger partial charge in [0.2, 0.25) is 2.14 Å². The summed E-state index contributed by atoms with van der Waals surface area (Å²) in [6.07, 6.45) is 13.0. The SMILES string of the molecule is CCCCCCCCCCCC[C@@H](CO)OC(=O)C(Br)(Br)Br. The zero-order chi connectivity index (χ0) is 16.8. The number of hydrogen-bond acceptors (Lipinski definition) is 3. The zero-order valence-corrected chi connectivity index (χ0v) is 18.2. The Morgan fingerprint density at radius 3 is 1.82 bits per heavy atom. The fourth-order valence-electron chi connectivity index (χ4n) is 2.27. The van der Waals surface area contributed by atoms with Crippen molar-refractivity contribution in [2.24, 2.45) is 0 Å². The molecule has 1 atom stereocenters. The van der Waals surface area contributed by atoms with Crippen molar-refractivity contribution >= 4 is 53.8 Å². The third-order valence-electron chi connectivity index (χ3n) is 3.59. The highest BCUT2D eigenvalue weighted by Crippen LogP contribution is 2.35. The number of halogens is 3. The van der Waals surface area contributed by atoms with E-state index in [1.54, 1.807) is 0 Å². The number of carbonyl (C=O) groups excluding carboxylic acids is 1. The second-order valence-electron chi connectivity index (χ2n) is 5.68. The summed E-state index contributed by atoms with van der Waals surface area (Å²) < 4.78 is 4.16. The number of unbranched alkanes of at least 4 members (excludes halogenated alkanes) is 9. The van der Waals surface area contributed by atoms with Crippen LogP contribution in [0.2, 0.25) is 0 Å². The van der Waals surface area contributed by atoms with Gasteiger partial charge in [-0.1, -0.05) is 64.7 Å². The number of esters is 1. The quantitative estimate of drug-likeness (QED) is 0.187. The predicted molar refractivity (Wildman–Crippen MR) is 103 cm³/mol. The third-order valence-corrected chi connectivity index (χ3v) is 4.56. The molecule has 0 saturated heterocycles. The van der Waals surface area contributed by atoms with Crippen LogP contribution in [0.25, 0.3) is 0 Å². The van der Waals surface area contributed by atoms with E-state index >= 15 is 0 Å². The number of aliphatic hydroxyl groups excluding tert-OH is 1. The van der Waals surface area contributed by atoms with Gasteiger partial charge in [0.15, 0.2) is 0 Å². The van der Waals surface area contributed by atoms with Gasteiger partial charge in [-0.25, -0.2) is 4.79 Å². The van der Waals surface area contributed by atoms with Gasteiger partial charge < -0.3 is 9.84 Å². The Labute approximate surface area is 160 Å². The van der Waals surface area contributed by atoms with E-state index in [1.165, 1.54) is 51.4 Å². The molecule has 0 aliphatic carbocycles. The number of alkyl halides is 3. The highest BCUT2D eigenvalue weighted by molar-refractivity contribution is 9.40. The lowest BCUT2D eigenvalue weighted by atomic mass is 10.0. The Morgan fingerprint density at radius 1 is 0.955 bits per heavy atom. The summed E-state index contributed by atoms with van der Waals surface area (Å²) >= 11 is 9.33. The molecule has 0 unspecified atom stereocenters. The molecule has 1 N–H and O–H groups in total. The first kappa shape index (κ1) is 22.9. The van der Waals surface area contributed by atoms with Crippen molar-refractivity contribution in [3.05, 3.63) is 0 Å². The number of hydrogen-bond donors (Lipinski definition) is 1. The monoisotopic (exact) mass is 506 g/mol. The minimum atomic E-state index is -1.06. The maximum Gasteiger partial charge on any atom is 0.345 e. The molecule has 22 heavy (non-hydrogen) atoms. The lowest BCUT2D eigenvalue weighted by molar-refractivity contribution is -0.149. The largest absolute Gasteiger partial charge is 0.458 e. The average Bonchev–Trinajstić information content (AvgIpc) is 2.46. The van der Waals surface area contributed by atoms with Gasteiger partial charge in [-0.05, 0) is 60.6 Å². The zero-order valence-electron chi connectivity index (χ0n) is 13.5. The van der Waals surface area contributed by atoms with E-state index < -0.39 is 14.2 Å². The molecule has 3 nitrogen and oxygen atoms in total. The molecule has 0 radical (unpaired) electrons. The van der Waals surface area contributed by atoms with E-state index in [0.29, 0.717) is 6.42 Å². The highest BCUT2D eigenvalue weighted by atomic mass is 80.0. The minimum absolute atomic E-state index is 0.133. The maximum atomic E-state index is 11.6. The minimum Gasteiger partial charge on any atom is -0.458 e. The van der Waals surface area contributed by atoms with Crippen molar-refractivity contribution in [2.45, 2.75) is 85.8 Å². The molecule has 0 aromatic carbocycles. The van der Waals surface area contributed by atoms with Crippen LogP contribution in [0.4, 0.5) is 0 Å². The van der Waals surface area contributed by atoms with Crippen molar-refractivity contribution in [2.75, 3.05) is 6.61 Å². The van der Waals surface area contributed by atoms with Crippen LogP contribution in [0.5, 0.6) is 0 Å². The molecule has 132 valence electrons. The standard InChI is InChI=1S/C16H29Br3O3/c1-2-3-4-5-6-7-8-9-10-11-12-14(13-20)22-15(21)16(17,18)19/h14,20H,2-13H2,1H3/t14-/m0/s1. The summed E-state index contributed by atoms with van der Waals surface area (Å²) in [6, 6.07) is 0. The first-order chi connectivity index (χ1) is 10.4. The molecular formula is C16H29Br3O3. The van der Waals surface area contributed by atoms with Gasteiger partial charge in [0.1, 0.15) is 6.10 Å². The van der Waals surface area contributed by atoms with Crippen LogP contribution in [-0.2, 0) is 9.53 Å². The van der Waals surface area contributed by atoms with E-state index in [-0.39, 0.29) is 6.61 Å². The lowest BCUT2D eigenvalue weighted by Gasteiger charge is -2.19. The van der Waals surface area contributed by atoms with Crippen LogP contribution >= 0.6 is 47.8 Å². The number of rotatable bonds is 13. The Kier molecular flexibility index (Phi) is 14.8. The van der Waals surface area contributed by atoms with Crippen LogP contribution in [0.3, 0.4) is 0 Å². The second-order valence-corrected chi connectivity index (χ2v) is 12.4. The Morgan fingerprint density at radius 2 is 1.41 bits per heavy atom. The molecule has 0 heterocycles. The van der Waals surface area contributed by atoms with Crippen molar-refractivity contribution < 1.29 is 14.6 Å². The summed E-state index contributed by atoms with van der Waals surface area (Å²) in [7, 11) is 0. The topological polar surface area (TPSA) is 46.5 Å². The average molecular weight is 509 g/mol. The number of aliphatic hydroxyl groups is 1. The van der Waals surface area contributed by atoms with Crippen LogP contribution in [0, 0.1) is 0 Å². The Hall–Kier alpha value is 0.870. The molecule has 0 aliphatic heterocycles. The second kappa shape index (κ2) is 14.2. The fraction of sp³-hybridized carbons (Fsp3) is 0.938. The summed E-state index contributed by atoms with van der Waals surface area (Å²) in [5.74, 6) is -0.473. The van der Waals surface area contributed by atoms with Crippen molar-refractivity contribution in [3.63, 3.8) is 0 Å². The molecule has 0 amide bonds. The van der Waals surface area contributed by atoms with Gasteiger partial charge in [-0.2, -0.15) is 0 Å². The van der Waals surface area contributed by atoms with Crippen molar-refractivity contribution in [3.8, 4) is 0 Å². The van der Waals surface area contributed by atoms with Crippen LogP contribution < -0.4 is 0 Å². The van der Waals surface area contributed by atoms with Crippen LogP contribution in [0.15, 0.2) is 0 Å². The smallest absolute Gasteiger partial charge is 0.345 e. The van der Waals surface area contributed by atoms with Gasteiger partial charge in [-0.15, -0.1) is 0 Å². The maximum absolute atomic E-state index is 11.6. The molecule has 0 rings (SSSR count). The molecule has 0 spiro atoms. The lowest BCUT2D eigenvalue weighted by Crippen LogP contribution is -2.28. The molecule has 0 saturated carbocycles. The first-order valence-corrected chi connectivity index (χ1v) is 10.7. The molecule has 6 heteroatoms. The fourth-order valence-corrected chi connectivity index (χ4v) is 2.55. The van der Waals surface area contributed by atoms with E-state index in [9.17, 15) is 9.90 Å². The Bertz CT molecular complexity index is 280. The first-order valence-electron chi connectivity index (χ1n) is 8.30. The summed E-state index contributed by atoms with van der Waals surface area (Å²) in [5.41, 5.74) is 0. The summed E-state index contributed by atoms with van der Waals surface area (Å²) in [4.78, 5) is 11.6. The normalized spacial score (nSPS) is 13.1. The molecule has 0 fully saturated rings. The highest BCUT2D eigenvalue weighted by Gasteiger charge is 2.32. The van der Waals surface area contributed by atoms with E-state index in [2.05, 4.69) is 54.7 Å². The van der Waals surface area contributed by atoms with E-state index in [4.69, 9.17) is 4.74 Å². The van der Waals surface area contributed by atoms with Crippen LogP contribution in [0.1, 0.15) is 77.6 Å². The molecular weight excluding hydrogens is 480 g/mol. The van der Waals surface area contributed by atoms with Gasteiger partial charge in [0.25, 0.3) is 0 Å². The Balaban J connectivity index is 3.53. The van der Waals surface area contributed by atoms with E-state index in [0.717, 1.165) is 12.8 Å².